The molecule has 0 aromatic heterocycles. The number of hydrogen-bond acceptors (Lipinski definition) is 4. The highest BCUT2D eigenvalue weighted by Gasteiger charge is 2.31. The second kappa shape index (κ2) is 11.9. The van der Waals surface area contributed by atoms with E-state index in [-0.39, 0.29) is 23.9 Å². The van der Waals surface area contributed by atoms with Crippen LogP contribution >= 0.6 is 11.6 Å². The van der Waals surface area contributed by atoms with Gasteiger partial charge in [0.2, 0.25) is 21.8 Å². The molecular formula is C28H38ClN3O4S. The summed E-state index contributed by atoms with van der Waals surface area (Å²) in [6.07, 6.45) is 5.05. The summed E-state index contributed by atoms with van der Waals surface area (Å²) in [5.74, 6) is -0.743. The topological polar surface area (TPSA) is 86.8 Å². The smallest absolute Gasteiger partial charge is 0.244 e. The maximum Gasteiger partial charge on any atom is 0.244 e. The number of carbonyl (C=O) groups is 2. The zero-order chi connectivity index (χ0) is 27.4. The molecule has 202 valence electrons. The summed E-state index contributed by atoms with van der Waals surface area (Å²) < 4.78 is 26.6. The van der Waals surface area contributed by atoms with Crippen molar-refractivity contribution in [3.05, 3.63) is 64.7 Å². The maximum atomic E-state index is 13.7. The number of hydrogen-bond donors (Lipinski definition) is 1. The van der Waals surface area contributed by atoms with Crippen molar-refractivity contribution in [1.82, 2.24) is 10.2 Å². The number of anilines is 1. The summed E-state index contributed by atoms with van der Waals surface area (Å²) in [6, 6.07) is 13.6. The zero-order valence-electron chi connectivity index (χ0n) is 22.3. The van der Waals surface area contributed by atoms with E-state index in [4.69, 9.17) is 11.6 Å². The quantitative estimate of drug-likeness (QED) is 0.485. The van der Waals surface area contributed by atoms with Crippen molar-refractivity contribution in [3.63, 3.8) is 0 Å². The maximum absolute atomic E-state index is 13.7. The Kier molecular flexibility index (Phi) is 9.29. The molecule has 1 atom stereocenters. The van der Waals surface area contributed by atoms with Crippen molar-refractivity contribution >= 4 is 39.1 Å². The summed E-state index contributed by atoms with van der Waals surface area (Å²) in [5, 5.41) is 3.53. The number of carbonyl (C=O) groups excluding carboxylic acids is 2. The third-order valence-electron chi connectivity index (χ3n) is 6.87. The fraction of sp³-hybridized carbons (Fsp3) is 0.500. The summed E-state index contributed by atoms with van der Waals surface area (Å²) in [7, 11) is -3.78. The fourth-order valence-corrected chi connectivity index (χ4v) is 5.57. The lowest BCUT2D eigenvalue weighted by molar-refractivity contribution is -0.139. The molecule has 2 aromatic rings. The number of amides is 2. The summed E-state index contributed by atoms with van der Waals surface area (Å²) in [6.45, 7) is 7.54. The van der Waals surface area contributed by atoms with Crippen LogP contribution in [0.5, 0.6) is 0 Å². The number of nitrogens with one attached hydrogen (secondary N) is 1. The van der Waals surface area contributed by atoms with Gasteiger partial charge >= 0.3 is 0 Å². The van der Waals surface area contributed by atoms with Crippen molar-refractivity contribution in [2.45, 2.75) is 77.4 Å². The molecule has 2 amide bonds. The standard InChI is InChI=1S/C28H38ClN3O4S/c1-20(27(34)30-23-11-7-8-12-23)31(18-21-10-6-9-13-25(21)29)26(33)19-32(37(5,35)36)24-16-14-22(15-17-24)28(2,3)4/h6,9-10,13-17,20,23H,7-8,11-12,18-19H2,1-5H3,(H,30,34)/t20-/m1/s1. The number of benzene rings is 2. The first-order chi connectivity index (χ1) is 17.3. The van der Waals surface area contributed by atoms with Crippen LogP contribution in [-0.4, -0.2) is 50.0 Å². The molecule has 1 aliphatic rings. The van der Waals surface area contributed by atoms with Crippen LogP contribution in [0, 0.1) is 0 Å². The minimum absolute atomic E-state index is 0.0817. The van der Waals surface area contributed by atoms with E-state index >= 15 is 0 Å². The molecule has 9 heteroatoms. The molecule has 1 aliphatic carbocycles. The van der Waals surface area contributed by atoms with Crippen molar-refractivity contribution < 1.29 is 18.0 Å². The molecule has 0 aliphatic heterocycles. The Morgan fingerprint density at radius 3 is 2.19 bits per heavy atom. The highest BCUT2D eigenvalue weighted by molar-refractivity contribution is 7.92. The van der Waals surface area contributed by atoms with E-state index in [9.17, 15) is 18.0 Å². The van der Waals surface area contributed by atoms with Crippen molar-refractivity contribution in [1.29, 1.82) is 0 Å². The Morgan fingerprint density at radius 2 is 1.65 bits per heavy atom. The Hall–Kier alpha value is -2.58. The van der Waals surface area contributed by atoms with Gasteiger partial charge in [0.15, 0.2) is 0 Å². The van der Waals surface area contributed by atoms with Crippen LogP contribution in [0.15, 0.2) is 48.5 Å². The summed E-state index contributed by atoms with van der Waals surface area (Å²) in [4.78, 5) is 28.2. The Morgan fingerprint density at radius 1 is 1.05 bits per heavy atom. The van der Waals surface area contributed by atoms with Crippen LogP contribution in [-0.2, 0) is 31.6 Å². The van der Waals surface area contributed by atoms with Gasteiger partial charge < -0.3 is 10.2 Å². The molecule has 1 saturated carbocycles. The Labute approximate surface area is 226 Å². The summed E-state index contributed by atoms with van der Waals surface area (Å²) in [5.41, 5.74) is 2.02. The van der Waals surface area contributed by atoms with Gasteiger partial charge in [-0.15, -0.1) is 0 Å². The van der Waals surface area contributed by atoms with E-state index in [1.165, 1.54) is 4.90 Å². The minimum Gasteiger partial charge on any atom is -0.352 e. The lowest BCUT2D eigenvalue weighted by Gasteiger charge is -2.32. The second-order valence-corrected chi connectivity index (χ2v) is 13.2. The predicted molar refractivity (Wildman–Crippen MR) is 149 cm³/mol. The molecule has 0 heterocycles. The Balaban J connectivity index is 1.89. The molecule has 0 spiro atoms. The van der Waals surface area contributed by atoms with Gasteiger partial charge in [-0.3, -0.25) is 13.9 Å². The van der Waals surface area contributed by atoms with Crippen LogP contribution in [0.4, 0.5) is 5.69 Å². The molecule has 0 radical (unpaired) electrons. The molecule has 1 N–H and O–H groups in total. The van der Waals surface area contributed by atoms with E-state index < -0.39 is 28.5 Å². The van der Waals surface area contributed by atoms with Crippen molar-refractivity contribution in [2.75, 3.05) is 17.1 Å². The lowest BCUT2D eigenvalue weighted by atomic mass is 9.87. The Bertz CT molecular complexity index is 1200. The molecule has 1 fully saturated rings. The van der Waals surface area contributed by atoms with Gasteiger partial charge in [-0.25, -0.2) is 8.42 Å². The molecule has 2 aromatic carbocycles. The first kappa shape index (κ1) is 29.0. The van der Waals surface area contributed by atoms with E-state index in [1.54, 1.807) is 37.3 Å². The van der Waals surface area contributed by atoms with E-state index in [0.717, 1.165) is 41.8 Å². The fourth-order valence-electron chi connectivity index (χ4n) is 4.53. The van der Waals surface area contributed by atoms with Crippen LogP contribution in [0.2, 0.25) is 5.02 Å². The monoisotopic (exact) mass is 547 g/mol. The van der Waals surface area contributed by atoms with Gasteiger partial charge in [0.05, 0.1) is 11.9 Å². The normalized spacial score (nSPS) is 15.3. The molecule has 7 nitrogen and oxygen atoms in total. The van der Waals surface area contributed by atoms with E-state index in [0.29, 0.717) is 16.3 Å². The van der Waals surface area contributed by atoms with Gasteiger partial charge in [-0.2, -0.15) is 0 Å². The van der Waals surface area contributed by atoms with Gasteiger partial charge in [-0.05, 0) is 54.5 Å². The van der Waals surface area contributed by atoms with Crippen LogP contribution in [0.1, 0.15) is 64.5 Å². The summed E-state index contributed by atoms with van der Waals surface area (Å²) >= 11 is 6.38. The predicted octanol–water partition coefficient (Wildman–Crippen LogP) is 4.88. The van der Waals surface area contributed by atoms with E-state index in [1.807, 2.05) is 18.2 Å². The average Bonchev–Trinajstić information content (AvgIpc) is 3.33. The first-order valence-electron chi connectivity index (χ1n) is 12.7. The first-order valence-corrected chi connectivity index (χ1v) is 14.9. The highest BCUT2D eigenvalue weighted by Crippen LogP contribution is 2.27. The molecule has 37 heavy (non-hydrogen) atoms. The second-order valence-electron chi connectivity index (χ2n) is 10.8. The van der Waals surface area contributed by atoms with Crippen molar-refractivity contribution in [2.24, 2.45) is 0 Å². The van der Waals surface area contributed by atoms with Gasteiger partial charge in [-0.1, -0.05) is 75.5 Å². The number of halogens is 1. The molecule has 0 unspecified atom stereocenters. The number of sulfonamides is 1. The third kappa shape index (κ3) is 7.71. The van der Waals surface area contributed by atoms with E-state index in [2.05, 4.69) is 26.1 Å². The zero-order valence-corrected chi connectivity index (χ0v) is 23.9. The van der Waals surface area contributed by atoms with Crippen LogP contribution < -0.4 is 9.62 Å². The van der Waals surface area contributed by atoms with Crippen molar-refractivity contribution in [3.8, 4) is 0 Å². The SMILES string of the molecule is C[C@H](C(=O)NC1CCCC1)N(Cc1ccccc1Cl)C(=O)CN(c1ccc(C(C)(C)C)cc1)S(C)(=O)=O. The number of nitrogens with zero attached hydrogens (tertiary/aromatic N) is 2. The molecule has 0 bridgehead atoms. The van der Waals surface area contributed by atoms with Crippen LogP contribution in [0.3, 0.4) is 0 Å². The molecular weight excluding hydrogens is 510 g/mol. The van der Waals surface area contributed by atoms with Crippen LogP contribution in [0.25, 0.3) is 0 Å². The van der Waals surface area contributed by atoms with Gasteiger partial charge in [0.1, 0.15) is 12.6 Å². The minimum atomic E-state index is -3.78. The lowest BCUT2D eigenvalue weighted by Crippen LogP contribution is -2.52. The molecule has 3 rings (SSSR count). The largest absolute Gasteiger partial charge is 0.352 e. The van der Waals surface area contributed by atoms with Gasteiger partial charge in [0.25, 0.3) is 0 Å². The van der Waals surface area contributed by atoms with Gasteiger partial charge in [0, 0.05) is 17.6 Å². The molecule has 0 saturated heterocycles. The average molecular weight is 548 g/mol. The third-order valence-corrected chi connectivity index (χ3v) is 8.38. The highest BCUT2D eigenvalue weighted by atomic mass is 35.5. The number of rotatable bonds is 9.